The number of fused-ring (bicyclic) bond motifs is 2. The molecule has 1 unspecified atom stereocenters. The summed E-state index contributed by atoms with van der Waals surface area (Å²) < 4.78 is 1.71. The fourth-order valence-corrected chi connectivity index (χ4v) is 5.77. The van der Waals surface area contributed by atoms with Crippen molar-refractivity contribution in [1.29, 1.82) is 5.26 Å². The minimum Gasteiger partial charge on any atom is -0.326 e. The summed E-state index contributed by atoms with van der Waals surface area (Å²) >= 11 is 1.52. The highest BCUT2D eigenvalue weighted by atomic mass is 32.2. The van der Waals surface area contributed by atoms with E-state index in [2.05, 4.69) is 21.7 Å². The number of amides is 1. The third-order valence-electron chi connectivity index (χ3n) is 7.00. The van der Waals surface area contributed by atoms with Gasteiger partial charge in [0.05, 0.1) is 33.5 Å². The number of carbonyl (C=O) groups excluding carboxylic acids is 1. The van der Waals surface area contributed by atoms with Gasteiger partial charge in [-0.1, -0.05) is 6.07 Å². The molecule has 9 heteroatoms. The molecule has 3 heterocycles. The Morgan fingerprint density at radius 3 is 2.77 bits per heavy atom. The maximum Gasteiger partial charge on any atom is 0.251 e. The molecule has 1 amide bonds. The molecule has 3 aromatic rings. The van der Waals surface area contributed by atoms with E-state index in [0.717, 1.165) is 47.2 Å². The van der Waals surface area contributed by atoms with Gasteiger partial charge in [0.2, 0.25) is 5.91 Å². The lowest BCUT2D eigenvalue weighted by molar-refractivity contribution is -0.113. The van der Waals surface area contributed by atoms with Crippen molar-refractivity contribution in [2.24, 2.45) is 11.7 Å². The Hall–Kier alpha value is -3.19. The van der Waals surface area contributed by atoms with Gasteiger partial charge in [-0.25, -0.2) is 4.98 Å². The van der Waals surface area contributed by atoms with E-state index in [9.17, 15) is 14.9 Å². The van der Waals surface area contributed by atoms with Gasteiger partial charge in [-0.3, -0.25) is 9.59 Å². The van der Waals surface area contributed by atoms with Crippen LogP contribution in [-0.4, -0.2) is 33.3 Å². The fraction of sp³-hybridized carbons (Fsp3) is 0.385. The van der Waals surface area contributed by atoms with Crippen LogP contribution in [0.25, 0.3) is 10.9 Å². The zero-order valence-corrected chi connectivity index (χ0v) is 20.2. The summed E-state index contributed by atoms with van der Waals surface area (Å²) in [6.07, 6.45) is 4.01. The number of carbonyl (C=O) groups is 1. The standard InChI is InChI=1S/C26H28N6O2S/c27-12-16-1-2-18-5-10-25(34)32(22(18)11-16)14-21(28)17-3-6-19(7-4-17)29-13-20-8-9-23-26(30-20)31-24(33)15-35-23/h1-2,5,8-11,17,19,21,29H,3-4,6-7,13-15,28H2,(H,30,31,33). The Morgan fingerprint density at radius 1 is 1.17 bits per heavy atom. The smallest absolute Gasteiger partial charge is 0.251 e. The van der Waals surface area contributed by atoms with E-state index >= 15 is 0 Å². The molecule has 0 radical (unpaired) electrons. The van der Waals surface area contributed by atoms with Crippen molar-refractivity contribution in [3.05, 3.63) is 64.1 Å². The summed E-state index contributed by atoms with van der Waals surface area (Å²) in [5.41, 5.74) is 8.72. The SMILES string of the molecule is N#Cc1ccc2ccc(=O)n(CC(N)C3CCC(NCc4ccc5c(n4)NC(=O)CS5)CC3)c2c1. The lowest BCUT2D eigenvalue weighted by Gasteiger charge is -2.33. The van der Waals surface area contributed by atoms with E-state index in [1.54, 1.807) is 28.8 Å². The average Bonchev–Trinajstić information content (AvgIpc) is 2.88. The number of nitriles is 1. The van der Waals surface area contributed by atoms with Crippen molar-refractivity contribution >= 4 is 34.4 Å². The van der Waals surface area contributed by atoms with Crippen LogP contribution < -0.4 is 21.9 Å². The third-order valence-corrected chi connectivity index (χ3v) is 8.04. The first-order valence-electron chi connectivity index (χ1n) is 12.0. The first kappa shape index (κ1) is 23.5. The zero-order chi connectivity index (χ0) is 24.4. The Kier molecular flexibility index (Phi) is 6.86. The normalized spacial score (nSPS) is 20.6. The lowest BCUT2D eigenvalue weighted by atomic mass is 9.81. The Labute approximate surface area is 207 Å². The second kappa shape index (κ2) is 10.2. The van der Waals surface area contributed by atoms with Crippen molar-refractivity contribution in [3.8, 4) is 6.07 Å². The predicted octanol–water partition coefficient (Wildman–Crippen LogP) is 2.99. The molecule has 35 heavy (non-hydrogen) atoms. The van der Waals surface area contributed by atoms with Crippen LogP contribution >= 0.6 is 11.8 Å². The molecule has 1 aliphatic carbocycles. The van der Waals surface area contributed by atoms with E-state index in [1.807, 2.05) is 18.2 Å². The molecule has 4 N–H and O–H groups in total. The molecule has 5 rings (SSSR count). The largest absolute Gasteiger partial charge is 0.326 e. The van der Waals surface area contributed by atoms with E-state index in [4.69, 9.17) is 5.73 Å². The molecule has 180 valence electrons. The number of hydrogen-bond donors (Lipinski definition) is 3. The fourth-order valence-electron chi connectivity index (χ4n) is 5.01. The van der Waals surface area contributed by atoms with E-state index in [1.165, 1.54) is 11.8 Å². The summed E-state index contributed by atoms with van der Waals surface area (Å²) in [7, 11) is 0. The molecule has 0 saturated heterocycles. The van der Waals surface area contributed by atoms with Crippen LogP contribution in [0, 0.1) is 17.2 Å². The minimum absolute atomic E-state index is 0.00830. The number of nitrogens with one attached hydrogen (secondary N) is 2. The van der Waals surface area contributed by atoms with Crippen molar-refractivity contribution in [2.45, 2.75) is 55.8 Å². The summed E-state index contributed by atoms with van der Waals surface area (Å²) in [5, 5.41) is 16.6. The van der Waals surface area contributed by atoms with E-state index in [0.29, 0.717) is 42.2 Å². The number of rotatable bonds is 6. The number of nitrogens with zero attached hydrogens (tertiary/aromatic N) is 3. The first-order valence-corrected chi connectivity index (χ1v) is 12.9. The molecule has 2 aliphatic rings. The Balaban J connectivity index is 1.17. The second-order valence-electron chi connectivity index (χ2n) is 9.31. The van der Waals surface area contributed by atoms with Crippen LogP contribution in [0.3, 0.4) is 0 Å². The van der Waals surface area contributed by atoms with E-state index < -0.39 is 0 Å². The van der Waals surface area contributed by atoms with Crippen molar-refractivity contribution in [2.75, 3.05) is 11.1 Å². The van der Waals surface area contributed by atoms with Crippen LogP contribution in [0.15, 0.2) is 52.2 Å². The molecular weight excluding hydrogens is 460 g/mol. The van der Waals surface area contributed by atoms with Gasteiger partial charge in [0.15, 0.2) is 0 Å². The molecular formula is C26H28N6O2S. The third kappa shape index (κ3) is 5.25. The Bertz CT molecular complexity index is 1360. The molecule has 8 nitrogen and oxygen atoms in total. The van der Waals surface area contributed by atoms with Crippen molar-refractivity contribution in [3.63, 3.8) is 0 Å². The predicted molar refractivity (Wildman–Crippen MR) is 137 cm³/mol. The van der Waals surface area contributed by atoms with Crippen molar-refractivity contribution in [1.82, 2.24) is 14.9 Å². The number of anilines is 1. The topological polar surface area (TPSA) is 126 Å². The number of aromatic nitrogens is 2. The summed E-state index contributed by atoms with van der Waals surface area (Å²) in [5.74, 6) is 1.42. The maximum absolute atomic E-state index is 12.6. The highest BCUT2D eigenvalue weighted by Crippen LogP contribution is 2.30. The summed E-state index contributed by atoms with van der Waals surface area (Å²) in [6.45, 7) is 1.10. The minimum atomic E-state index is -0.131. The van der Waals surface area contributed by atoms with Gasteiger partial charge in [-0.05, 0) is 67.3 Å². The zero-order valence-electron chi connectivity index (χ0n) is 19.4. The number of nitrogens with two attached hydrogens (primary N) is 1. The molecule has 1 aromatic carbocycles. The van der Waals surface area contributed by atoms with Gasteiger partial charge in [-0.15, -0.1) is 11.8 Å². The van der Waals surface area contributed by atoms with Gasteiger partial charge in [-0.2, -0.15) is 5.26 Å². The van der Waals surface area contributed by atoms with Gasteiger partial charge in [0, 0.05) is 31.2 Å². The number of thioether (sulfide) groups is 1. The van der Waals surface area contributed by atoms with Crippen LogP contribution in [0.4, 0.5) is 5.82 Å². The second-order valence-corrected chi connectivity index (χ2v) is 10.3. The molecule has 0 spiro atoms. The van der Waals surface area contributed by atoms with Gasteiger partial charge in [0.25, 0.3) is 5.56 Å². The lowest BCUT2D eigenvalue weighted by Crippen LogP contribution is -2.42. The monoisotopic (exact) mass is 488 g/mol. The van der Waals surface area contributed by atoms with Crippen LogP contribution in [-0.2, 0) is 17.9 Å². The van der Waals surface area contributed by atoms with Crippen molar-refractivity contribution < 1.29 is 4.79 Å². The van der Waals surface area contributed by atoms with Gasteiger partial charge in [0.1, 0.15) is 5.82 Å². The summed E-state index contributed by atoms with van der Waals surface area (Å²) in [4.78, 5) is 29.8. The molecule has 1 aliphatic heterocycles. The van der Waals surface area contributed by atoms with Crippen LogP contribution in [0.2, 0.25) is 0 Å². The highest BCUT2D eigenvalue weighted by Gasteiger charge is 2.26. The molecule has 1 fully saturated rings. The average molecular weight is 489 g/mol. The Morgan fingerprint density at radius 2 is 1.97 bits per heavy atom. The molecule has 0 bridgehead atoms. The maximum atomic E-state index is 12.6. The van der Waals surface area contributed by atoms with E-state index in [-0.39, 0.29) is 17.5 Å². The molecule has 1 saturated carbocycles. The first-order chi connectivity index (χ1) is 17.0. The van der Waals surface area contributed by atoms with Crippen LogP contribution in [0.1, 0.15) is 36.9 Å². The highest BCUT2D eigenvalue weighted by molar-refractivity contribution is 8.00. The number of hydrogen-bond acceptors (Lipinski definition) is 7. The summed E-state index contributed by atoms with van der Waals surface area (Å²) in [6, 6.07) is 15.2. The van der Waals surface area contributed by atoms with Crippen LogP contribution in [0.5, 0.6) is 0 Å². The molecule has 2 aromatic heterocycles. The van der Waals surface area contributed by atoms with Gasteiger partial charge >= 0.3 is 0 Å². The number of benzene rings is 1. The molecule has 1 atom stereocenters. The quantitative estimate of drug-likeness (QED) is 0.487. The van der Waals surface area contributed by atoms with Gasteiger partial charge < -0.3 is 20.9 Å². The number of pyridine rings is 2.